The van der Waals surface area contributed by atoms with Gasteiger partial charge in [0.2, 0.25) is 5.92 Å². The van der Waals surface area contributed by atoms with Crippen LogP contribution in [-0.2, 0) is 6.42 Å². The van der Waals surface area contributed by atoms with E-state index in [2.05, 4.69) is 5.32 Å². The maximum Gasteiger partial charge on any atom is 0.248 e. The number of rotatable bonds is 4. The Balaban J connectivity index is 2.02. The fraction of sp³-hybridized carbons (Fsp3) is 0.571. The van der Waals surface area contributed by atoms with Gasteiger partial charge in [-0.3, -0.25) is 0 Å². The number of halogens is 3. The second-order valence-corrected chi connectivity index (χ2v) is 5.52. The highest BCUT2D eigenvalue weighted by Crippen LogP contribution is 2.40. The molecule has 1 saturated carbocycles. The van der Waals surface area contributed by atoms with E-state index in [0.717, 1.165) is 12.0 Å². The lowest BCUT2D eigenvalue weighted by molar-refractivity contribution is 0.00343. The molecule has 1 nitrogen and oxygen atoms in total. The molecule has 0 aromatic heterocycles. The molecule has 0 bridgehead atoms. The molecule has 1 aliphatic carbocycles. The molecule has 0 saturated heterocycles. The van der Waals surface area contributed by atoms with Crippen LogP contribution in [0, 0.1) is 5.92 Å². The van der Waals surface area contributed by atoms with Gasteiger partial charge in [-0.2, -0.15) is 0 Å². The number of likely N-dealkylation sites (N-methyl/N-ethyl adjacent to an activating group) is 1. The number of benzene rings is 1. The molecular formula is C14H18ClF2N. The predicted octanol–water partition coefficient (Wildman–Crippen LogP) is 3.91. The third-order valence-electron chi connectivity index (χ3n) is 3.73. The van der Waals surface area contributed by atoms with Crippen molar-refractivity contribution in [2.24, 2.45) is 5.92 Å². The van der Waals surface area contributed by atoms with E-state index in [1.807, 2.05) is 31.3 Å². The van der Waals surface area contributed by atoms with Crippen LogP contribution >= 0.6 is 11.6 Å². The van der Waals surface area contributed by atoms with Crippen molar-refractivity contribution in [1.82, 2.24) is 5.32 Å². The summed E-state index contributed by atoms with van der Waals surface area (Å²) < 4.78 is 26.5. The zero-order valence-corrected chi connectivity index (χ0v) is 11.2. The summed E-state index contributed by atoms with van der Waals surface area (Å²) >= 11 is 5.94. The minimum Gasteiger partial charge on any atom is -0.316 e. The summed E-state index contributed by atoms with van der Waals surface area (Å²) in [5, 5.41) is 3.87. The highest BCUT2D eigenvalue weighted by atomic mass is 35.5. The summed E-state index contributed by atoms with van der Waals surface area (Å²) in [6, 6.07) is 7.70. The molecule has 2 unspecified atom stereocenters. The second kappa shape index (κ2) is 5.54. The molecule has 0 aliphatic heterocycles. The first-order valence-corrected chi connectivity index (χ1v) is 6.67. The van der Waals surface area contributed by atoms with Crippen molar-refractivity contribution in [1.29, 1.82) is 0 Å². The minimum atomic E-state index is -2.48. The van der Waals surface area contributed by atoms with E-state index in [9.17, 15) is 8.78 Å². The number of nitrogens with one attached hydrogen (secondary N) is 1. The molecule has 100 valence electrons. The molecule has 18 heavy (non-hydrogen) atoms. The summed E-state index contributed by atoms with van der Waals surface area (Å²) in [6.07, 6.45) is 1.36. The van der Waals surface area contributed by atoms with E-state index >= 15 is 0 Å². The van der Waals surface area contributed by atoms with Crippen LogP contribution in [0.2, 0.25) is 5.02 Å². The molecular weight excluding hydrogens is 256 g/mol. The first-order chi connectivity index (χ1) is 8.50. The van der Waals surface area contributed by atoms with Crippen molar-refractivity contribution in [3.8, 4) is 0 Å². The SMILES string of the molecule is CNC(Cc1cccc(Cl)c1)C1CCC(F)(F)C1. The molecule has 0 radical (unpaired) electrons. The van der Waals surface area contributed by atoms with E-state index in [-0.39, 0.29) is 24.8 Å². The Morgan fingerprint density at radius 1 is 1.50 bits per heavy atom. The predicted molar refractivity (Wildman–Crippen MR) is 70.3 cm³/mol. The standard InChI is InChI=1S/C14H18ClF2N/c1-18-13(11-5-6-14(16,17)9-11)8-10-3-2-4-12(15)7-10/h2-4,7,11,13,18H,5-6,8-9H2,1H3. The Labute approximate surface area is 112 Å². The van der Waals surface area contributed by atoms with Gasteiger partial charge in [0.15, 0.2) is 0 Å². The number of hydrogen-bond donors (Lipinski definition) is 1. The molecule has 1 aromatic rings. The van der Waals surface area contributed by atoms with Crippen molar-refractivity contribution >= 4 is 11.6 Å². The normalized spacial score (nSPS) is 24.1. The topological polar surface area (TPSA) is 12.0 Å². The van der Waals surface area contributed by atoms with Gasteiger partial charge in [0.25, 0.3) is 0 Å². The van der Waals surface area contributed by atoms with E-state index in [0.29, 0.717) is 11.4 Å². The van der Waals surface area contributed by atoms with Gasteiger partial charge in [-0.15, -0.1) is 0 Å². The summed E-state index contributed by atoms with van der Waals surface area (Å²) in [5.41, 5.74) is 1.09. The maximum atomic E-state index is 13.2. The van der Waals surface area contributed by atoms with Crippen LogP contribution in [0.1, 0.15) is 24.8 Å². The first-order valence-electron chi connectivity index (χ1n) is 6.30. The summed E-state index contributed by atoms with van der Waals surface area (Å²) in [7, 11) is 1.84. The van der Waals surface area contributed by atoms with E-state index in [1.165, 1.54) is 0 Å². The monoisotopic (exact) mass is 273 g/mol. The molecule has 2 atom stereocenters. The smallest absolute Gasteiger partial charge is 0.248 e. The number of alkyl halides is 2. The van der Waals surface area contributed by atoms with Crippen LogP contribution in [0.3, 0.4) is 0 Å². The molecule has 2 rings (SSSR count). The highest BCUT2D eigenvalue weighted by molar-refractivity contribution is 6.30. The maximum absolute atomic E-state index is 13.2. The first kappa shape index (κ1) is 13.8. The Bertz CT molecular complexity index is 409. The van der Waals surface area contributed by atoms with Crippen LogP contribution in [-0.4, -0.2) is 19.0 Å². The van der Waals surface area contributed by atoms with Crippen LogP contribution < -0.4 is 5.32 Å². The third-order valence-corrected chi connectivity index (χ3v) is 3.96. The molecule has 1 aliphatic rings. The molecule has 1 fully saturated rings. The molecule has 4 heteroatoms. The zero-order chi connectivity index (χ0) is 13.2. The van der Waals surface area contributed by atoms with Gasteiger partial charge >= 0.3 is 0 Å². The Kier molecular flexibility index (Phi) is 4.23. The Morgan fingerprint density at radius 2 is 2.28 bits per heavy atom. The van der Waals surface area contributed by atoms with E-state index in [4.69, 9.17) is 11.6 Å². The second-order valence-electron chi connectivity index (χ2n) is 5.09. The van der Waals surface area contributed by atoms with Gasteiger partial charge in [0.05, 0.1) is 0 Å². The van der Waals surface area contributed by atoms with Crippen molar-refractivity contribution in [2.75, 3.05) is 7.05 Å². The summed E-state index contributed by atoms with van der Waals surface area (Å²) in [4.78, 5) is 0. The van der Waals surface area contributed by atoms with Gasteiger partial charge in [-0.05, 0) is 43.5 Å². The van der Waals surface area contributed by atoms with Gasteiger partial charge in [-0.25, -0.2) is 8.78 Å². The summed E-state index contributed by atoms with van der Waals surface area (Å²) in [5.74, 6) is -2.43. The lowest BCUT2D eigenvalue weighted by Crippen LogP contribution is -2.35. The van der Waals surface area contributed by atoms with Crippen molar-refractivity contribution < 1.29 is 8.78 Å². The fourth-order valence-corrected chi connectivity index (χ4v) is 2.96. The van der Waals surface area contributed by atoms with Gasteiger partial charge in [0, 0.05) is 23.9 Å². The molecule has 0 heterocycles. The zero-order valence-electron chi connectivity index (χ0n) is 10.4. The van der Waals surface area contributed by atoms with Crippen molar-refractivity contribution in [3.05, 3.63) is 34.9 Å². The minimum absolute atomic E-state index is 0.000920. The van der Waals surface area contributed by atoms with Crippen LogP contribution in [0.4, 0.5) is 8.78 Å². The van der Waals surface area contributed by atoms with Gasteiger partial charge in [0.1, 0.15) is 0 Å². The lowest BCUT2D eigenvalue weighted by Gasteiger charge is -2.23. The van der Waals surface area contributed by atoms with Crippen LogP contribution in [0.15, 0.2) is 24.3 Å². The average Bonchev–Trinajstić information content (AvgIpc) is 2.66. The largest absolute Gasteiger partial charge is 0.316 e. The fourth-order valence-electron chi connectivity index (χ4n) is 2.75. The van der Waals surface area contributed by atoms with Gasteiger partial charge in [-0.1, -0.05) is 23.7 Å². The Hall–Kier alpha value is -0.670. The lowest BCUT2D eigenvalue weighted by atomic mass is 9.92. The molecule has 0 spiro atoms. The Morgan fingerprint density at radius 3 is 2.83 bits per heavy atom. The quantitative estimate of drug-likeness (QED) is 0.877. The van der Waals surface area contributed by atoms with Crippen LogP contribution in [0.5, 0.6) is 0 Å². The van der Waals surface area contributed by atoms with Crippen molar-refractivity contribution in [3.63, 3.8) is 0 Å². The van der Waals surface area contributed by atoms with E-state index in [1.54, 1.807) is 0 Å². The van der Waals surface area contributed by atoms with Crippen LogP contribution in [0.25, 0.3) is 0 Å². The molecule has 1 aromatic carbocycles. The molecule has 1 N–H and O–H groups in total. The van der Waals surface area contributed by atoms with Crippen molar-refractivity contribution in [2.45, 2.75) is 37.6 Å². The molecule has 0 amide bonds. The highest BCUT2D eigenvalue weighted by Gasteiger charge is 2.42. The average molecular weight is 274 g/mol. The van der Waals surface area contributed by atoms with Gasteiger partial charge < -0.3 is 5.32 Å². The van der Waals surface area contributed by atoms with E-state index < -0.39 is 5.92 Å². The number of hydrogen-bond acceptors (Lipinski definition) is 1. The summed E-state index contributed by atoms with van der Waals surface area (Å²) in [6.45, 7) is 0. The third kappa shape index (κ3) is 3.42.